The average Bonchev–Trinajstić information content (AvgIpc) is 2.82. The fourth-order valence-corrected chi connectivity index (χ4v) is 6.32. The van der Waals surface area contributed by atoms with Crippen LogP contribution in [0.1, 0.15) is 48.4 Å². The molecule has 0 saturated heterocycles. The first-order valence-corrected chi connectivity index (χ1v) is 12.5. The third-order valence-electron chi connectivity index (χ3n) is 5.70. The van der Waals surface area contributed by atoms with Crippen molar-refractivity contribution in [3.8, 4) is 23.0 Å². The number of Topliss-reactive ketones (excluding diaryl/α,β-unsaturated/α-hetero) is 2. The van der Waals surface area contributed by atoms with Gasteiger partial charge in [0.2, 0.25) is 0 Å². The van der Waals surface area contributed by atoms with Crippen LogP contribution in [0, 0.1) is 11.8 Å². The van der Waals surface area contributed by atoms with Crippen molar-refractivity contribution < 1.29 is 33.1 Å². The summed E-state index contributed by atoms with van der Waals surface area (Å²) in [4.78, 5) is 27.6. The predicted octanol–water partition coefficient (Wildman–Crippen LogP) is 5.66. The molecule has 0 amide bonds. The Morgan fingerprint density at radius 3 is 1.09 bits per heavy atom. The van der Waals surface area contributed by atoms with Gasteiger partial charge >= 0.3 is 0 Å². The smallest absolute Gasteiger partial charge is 0.184 e. The lowest BCUT2D eigenvalue weighted by atomic mass is 9.98. The van der Waals surface area contributed by atoms with Crippen LogP contribution in [0.25, 0.3) is 0 Å². The topological polar surface area (TPSA) is 88.1 Å². The van der Waals surface area contributed by atoms with Crippen molar-refractivity contribution in [2.24, 2.45) is 11.8 Å². The molecule has 0 saturated carbocycles. The summed E-state index contributed by atoms with van der Waals surface area (Å²) in [6.45, 7) is 7.29. The quantitative estimate of drug-likeness (QED) is 0.281. The van der Waals surface area contributed by atoms with Crippen molar-refractivity contribution in [1.29, 1.82) is 0 Å². The normalized spacial score (nSPS) is 13.3. The molecular formula is C26H34O7P. The van der Waals surface area contributed by atoms with Gasteiger partial charge in [-0.05, 0) is 36.1 Å². The van der Waals surface area contributed by atoms with E-state index in [1.165, 1.54) is 28.4 Å². The Balaban J connectivity index is 2.63. The first-order chi connectivity index (χ1) is 16.1. The number of hydrogen-bond acceptors (Lipinski definition) is 7. The summed E-state index contributed by atoms with van der Waals surface area (Å²) in [5, 5.41) is 0. The Morgan fingerprint density at radius 1 is 0.618 bits per heavy atom. The van der Waals surface area contributed by atoms with E-state index >= 15 is 0 Å². The molecule has 0 fully saturated rings. The minimum atomic E-state index is -2.35. The highest BCUT2D eigenvalue weighted by Gasteiger charge is 2.42. The molecule has 0 aliphatic rings. The van der Waals surface area contributed by atoms with Gasteiger partial charge in [0.15, 0.2) is 11.6 Å². The number of methoxy groups -OCH3 is 4. The second-order valence-corrected chi connectivity index (χ2v) is 10.4. The molecule has 2 unspecified atom stereocenters. The molecule has 34 heavy (non-hydrogen) atoms. The average molecular weight is 490 g/mol. The molecule has 0 bridgehead atoms. The van der Waals surface area contributed by atoms with Gasteiger partial charge in [-0.2, -0.15) is 0 Å². The third-order valence-corrected chi connectivity index (χ3v) is 8.46. The Hall–Kier alpha value is -2.92. The Labute approximate surface area is 202 Å². The van der Waals surface area contributed by atoms with E-state index in [1.54, 1.807) is 36.4 Å². The lowest BCUT2D eigenvalue weighted by Gasteiger charge is -2.28. The summed E-state index contributed by atoms with van der Waals surface area (Å²) < 4.78 is 35.7. The van der Waals surface area contributed by atoms with Crippen molar-refractivity contribution in [3.63, 3.8) is 0 Å². The van der Waals surface area contributed by atoms with Gasteiger partial charge in [0.1, 0.15) is 34.1 Å². The largest absolute Gasteiger partial charge is 0.496 e. The number of hydrogen-bond donors (Lipinski definition) is 0. The van der Waals surface area contributed by atoms with Crippen molar-refractivity contribution >= 4 is 19.4 Å². The molecule has 0 aromatic heterocycles. The van der Waals surface area contributed by atoms with E-state index in [0.717, 1.165) is 0 Å². The molecule has 0 heterocycles. The number of carbonyl (C=O) groups excluding carboxylic acids is 2. The molecule has 7 nitrogen and oxygen atoms in total. The zero-order valence-corrected chi connectivity index (χ0v) is 22.0. The fraction of sp³-hybridized carbons (Fsp3) is 0.462. The summed E-state index contributed by atoms with van der Waals surface area (Å²) in [6, 6.07) is 10.1. The van der Waals surface area contributed by atoms with Gasteiger partial charge in [0.05, 0.1) is 47.6 Å². The van der Waals surface area contributed by atoms with E-state index in [9.17, 15) is 14.2 Å². The highest BCUT2D eigenvalue weighted by atomic mass is 31.1. The molecule has 2 atom stereocenters. The van der Waals surface area contributed by atoms with Crippen molar-refractivity contribution in [1.82, 2.24) is 0 Å². The number of carbonyl (C=O) groups is 2. The van der Waals surface area contributed by atoms with Gasteiger partial charge in [-0.1, -0.05) is 39.8 Å². The summed E-state index contributed by atoms with van der Waals surface area (Å²) >= 11 is 0. The summed E-state index contributed by atoms with van der Waals surface area (Å²) in [5.74, 6) is -0.0470. The van der Waals surface area contributed by atoms with E-state index in [1.807, 2.05) is 27.7 Å². The van der Waals surface area contributed by atoms with E-state index in [-0.39, 0.29) is 34.5 Å². The molecule has 185 valence electrons. The lowest BCUT2D eigenvalue weighted by Crippen LogP contribution is -2.33. The third kappa shape index (κ3) is 5.41. The summed E-state index contributed by atoms with van der Waals surface area (Å²) in [6.07, 6.45) is 0. The van der Waals surface area contributed by atoms with Crippen LogP contribution < -0.4 is 18.9 Å². The van der Waals surface area contributed by atoms with Gasteiger partial charge in [0, 0.05) is 0 Å². The Kier molecular flexibility index (Phi) is 9.63. The van der Waals surface area contributed by atoms with E-state index in [0.29, 0.717) is 23.0 Å². The van der Waals surface area contributed by atoms with E-state index in [4.69, 9.17) is 18.9 Å². The molecule has 1 radical (unpaired) electrons. The van der Waals surface area contributed by atoms with Crippen LogP contribution in [-0.2, 0) is 4.57 Å². The molecule has 0 aliphatic carbocycles. The van der Waals surface area contributed by atoms with Crippen LogP contribution in [0.4, 0.5) is 0 Å². The van der Waals surface area contributed by atoms with Gasteiger partial charge in [0.25, 0.3) is 0 Å². The second kappa shape index (κ2) is 12.0. The number of ketones is 2. The molecule has 0 aliphatic heterocycles. The van der Waals surface area contributed by atoms with Gasteiger partial charge < -0.3 is 18.9 Å². The van der Waals surface area contributed by atoms with Gasteiger partial charge in [-0.3, -0.25) is 14.2 Å². The van der Waals surface area contributed by atoms with Crippen LogP contribution in [0.3, 0.4) is 0 Å². The standard InChI is InChI=1S/C26H34O7P/c1-15(2)25(23(27)21-17(30-5)11-9-12-18(21)31-6)34(29)26(16(3)4)24(28)22-19(32-7)13-10-14-20(22)33-8/h9-16,25-26H,1-8H3. The minimum Gasteiger partial charge on any atom is -0.496 e. The highest BCUT2D eigenvalue weighted by molar-refractivity contribution is 7.49. The second-order valence-electron chi connectivity index (χ2n) is 8.54. The zero-order chi connectivity index (χ0) is 25.6. The molecular weight excluding hydrogens is 455 g/mol. The minimum absolute atomic E-state index is 0.222. The van der Waals surface area contributed by atoms with Crippen molar-refractivity contribution in [2.75, 3.05) is 28.4 Å². The Bertz CT molecular complexity index is 919. The molecule has 2 aromatic carbocycles. The molecule has 2 aromatic rings. The van der Waals surface area contributed by atoms with Gasteiger partial charge in [-0.15, -0.1) is 0 Å². The maximum Gasteiger partial charge on any atom is 0.184 e. The predicted molar refractivity (Wildman–Crippen MR) is 133 cm³/mol. The number of ether oxygens (including phenoxy) is 4. The molecule has 8 heteroatoms. The maximum atomic E-state index is 14.1. The van der Waals surface area contributed by atoms with Crippen molar-refractivity contribution in [3.05, 3.63) is 47.5 Å². The van der Waals surface area contributed by atoms with Crippen LogP contribution in [0.5, 0.6) is 23.0 Å². The van der Waals surface area contributed by atoms with Gasteiger partial charge in [-0.25, -0.2) is 0 Å². The monoisotopic (exact) mass is 489 g/mol. The van der Waals surface area contributed by atoms with E-state index in [2.05, 4.69) is 0 Å². The first-order valence-electron chi connectivity index (χ1n) is 11.1. The van der Waals surface area contributed by atoms with Crippen molar-refractivity contribution in [2.45, 2.75) is 39.0 Å². The summed E-state index contributed by atoms with van der Waals surface area (Å²) in [7, 11) is 3.50. The highest BCUT2D eigenvalue weighted by Crippen LogP contribution is 2.47. The zero-order valence-electron chi connectivity index (χ0n) is 21.1. The first kappa shape index (κ1) is 27.3. The molecule has 0 spiro atoms. The fourth-order valence-electron chi connectivity index (χ4n) is 4.08. The molecule has 0 N–H and O–H groups in total. The Morgan fingerprint density at radius 2 is 0.882 bits per heavy atom. The number of benzene rings is 2. The maximum absolute atomic E-state index is 14.1. The van der Waals surface area contributed by atoms with Crippen LogP contribution in [0.2, 0.25) is 0 Å². The SMILES string of the molecule is COc1cccc(OC)c1C(=O)C(C(C)C)[P](=O)C(C(=O)c1c(OC)cccc1OC)C(C)C. The lowest BCUT2D eigenvalue weighted by molar-refractivity contribution is 0.0960. The van der Waals surface area contributed by atoms with Crippen LogP contribution in [-0.4, -0.2) is 51.3 Å². The van der Waals surface area contributed by atoms with E-state index < -0.39 is 19.1 Å². The molecule has 2 rings (SSSR count). The number of rotatable bonds is 12. The summed E-state index contributed by atoms with van der Waals surface area (Å²) in [5.41, 5.74) is -1.42. The van der Waals surface area contributed by atoms with Crippen LogP contribution in [0.15, 0.2) is 36.4 Å². The van der Waals surface area contributed by atoms with Crippen LogP contribution >= 0.6 is 7.80 Å².